The van der Waals surface area contributed by atoms with Crippen LogP contribution < -0.4 is 20.9 Å². The van der Waals surface area contributed by atoms with Gasteiger partial charge in [-0.1, -0.05) is 42.5 Å². The fourth-order valence-electron chi connectivity index (χ4n) is 5.85. The van der Waals surface area contributed by atoms with E-state index in [1.807, 2.05) is 81.4 Å². The van der Waals surface area contributed by atoms with Crippen molar-refractivity contribution in [3.05, 3.63) is 87.9 Å². The monoisotopic (exact) mass is 688 g/mol. The molecule has 1 aliphatic heterocycles. The molecule has 4 N–H and O–H groups in total. The molecule has 2 heterocycles. The number of aliphatic hydroxyl groups is 1. The molecule has 0 radical (unpaired) electrons. The molecule has 0 saturated heterocycles. The normalized spacial score (nSPS) is 15.7. The molecule has 2 atom stereocenters. The van der Waals surface area contributed by atoms with Crippen molar-refractivity contribution in [1.29, 1.82) is 0 Å². The Labute approximate surface area is 277 Å². The lowest BCUT2D eigenvalue weighted by Crippen LogP contribution is -2.51. The van der Waals surface area contributed by atoms with Crippen LogP contribution in [0.4, 0.5) is 5.69 Å². The van der Waals surface area contributed by atoms with Crippen LogP contribution in [0.25, 0.3) is 22.3 Å². The third-order valence-electron chi connectivity index (χ3n) is 8.15. The van der Waals surface area contributed by atoms with Gasteiger partial charge in [-0.2, -0.15) is 0 Å². The van der Waals surface area contributed by atoms with E-state index in [9.17, 15) is 19.5 Å². The molecule has 3 amide bonds. The van der Waals surface area contributed by atoms with Crippen LogP contribution >= 0.6 is 15.9 Å². The van der Waals surface area contributed by atoms with Gasteiger partial charge >= 0.3 is 0 Å². The number of hydrogen-bond donors (Lipinski definition) is 4. The first kappa shape index (κ1) is 33.4. The summed E-state index contributed by atoms with van der Waals surface area (Å²) in [6, 6.07) is 20.3. The molecular formula is C36H41BrN4O5. The first-order valence-corrected chi connectivity index (χ1v) is 16.5. The number of para-hydroxylation sites is 1. The number of fused-ring (bicyclic) bond motifs is 2. The number of benzene rings is 3. The van der Waals surface area contributed by atoms with Crippen molar-refractivity contribution in [3.63, 3.8) is 0 Å². The van der Waals surface area contributed by atoms with Crippen molar-refractivity contribution in [1.82, 2.24) is 16.0 Å². The minimum Gasteiger partial charge on any atom is -0.455 e. The van der Waals surface area contributed by atoms with Crippen LogP contribution in [-0.2, 0) is 22.6 Å². The van der Waals surface area contributed by atoms with E-state index < -0.39 is 17.7 Å². The van der Waals surface area contributed by atoms with E-state index in [1.54, 1.807) is 17.9 Å². The van der Waals surface area contributed by atoms with E-state index in [-0.39, 0.29) is 24.1 Å². The van der Waals surface area contributed by atoms with Gasteiger partial charge < -0.3 is 30.4 Å². The zero-order valence-corrected chi connectivity index (χ0v) is 28.2. The van der Waals surface area contributed by atoms with E-state index >= 15 is 0 Å². The Hall–Kier alpha value is -3.99. The van der Waals surface area contributed by atoms with Crippen LogP contribution in [0.2, 0.25) is 0 Å². The third kappa shape index (κ3) is 7.52. The topological polar surface area (TPSA) is 124 Å². The number of aliphatic hydroxyl groups excluding tert-OH is 1. The molecule has 0 bridgehead atoms. The van der Waals surface area contributed by atoms with Gasteiger partial charge in [-0.05, 0) is 91.9 Å². The van der Waals surface area contributed by atoms with Gasteiger partial charge in [0.05, 0.1) is 22.7 Å². The molecule has 9 nitrogen and oxygen atoms in total. The van der Waals surface area contributed by atoms with Crippen LogP contribution in [0.3, 0.4) is 0 Å². The standard InChI is InChI=1S/C36H41BrN4O5/c1-5-38-34(44)26-12-8-7-11-25(26)33-32(37)27-18-23(14-17-30(27)46-33)21-41-29-13-9-6-10-24(29)15-16-28(35(41)45)40-31(43)19-36(3,4)39-20-22(2)42/h6-14,17-18,22,28,39,42H,5,15-16,19-21H2,1-4H3,(H,38,44)(H,40,43)/t22-,28-/m1/s1. The van der Waals surface area contributed by atoms with Crippen molar-refractivity contribution < 1.29 is 23.9 Å². The summed E-state index contributed by atoms with van der Waals surface area (Å²) in [6.45, 7) is 8.55. The maximum atomic E-state index is 14.1. The summed E-state index contributed by atoms with van der Waals surface area (Å²) in [4.78, 5) is 41.8. The molecule has 3 aromatic carbocycles. The van der Waals surface area contributed by atoms with Gasteiger partial charge in [0.1, 0.15) is 17.4 Å². The number of hydrogen-bond acceptors (Lipinski definition) is 6. The Morgan fingerprint density at radius 3 is 2.61 bits per heavy atom. The van der Waals surface area contributed by atoms with Crippen LogP contribution in [0.15, 0.2) is 75.6 Å². The maximum absolute atomic E-state index is 14.1. The Bertz CT molecular complexity index is 1750. The molecule has 0 saturated carbocycles. The summed E-state index contributed by atoms with van der Waals surface area (Å²) in [7, 11) is 0. The molecule has 0 spiro atoms. The maximum Gasteiger partial charge on any atom is 0.252 e. The number of anilines is 1. The number of rotatable bonds is 11. The predicted molar refractivity (Wildman–Crippen MR) is 184 cm³/mol. The number of β-amino-alcohol motifs (C(OH)–C–C–N with tert-alkyl or cyclic N) is 1. The Morgan fingerprint density at radius 2 is 1.85 bits per heavy atom. The van der Waals surface area contributed by atoms with Crippen molar-refractivity contribution in [2.75, 3.05) is 18.0 Å². The molecule has 0 unspecified atom stereocenters. The van der Waals surface area contributed by atoms with Crippen molar-refractivity contribution in [2.45, 2.75) is 71.2 Å². The summed E-state index contributed by atoms with van der Waals surface area (Å²) in [5.74, 6) is -0.0166. The van der Waals surface area contributed by atoms with Gasteiger partial charge in [-0.15, -0.1) is 0 Å². The Kier molecular flexibility index (Phi) is 10.3. The SMILES string of the molecule is CCNC(=O)c1ccccc1-c1oc2ccc(CN3C(=O)[C@H](NC(=O)CC(C)(C)NC[C@@H](C)O)CCc4ccccc43)cc2c1Br. The lowest BCUT2D eigenvalue weighted by molar-refractivity contribution is -0.128. The molecule has 46 heavy (non-hydrogen) atoms. The first-order chi connectivity index (χ1) is 22.0. The number of halogens is 1. The van der Waals surface area contributed by atoms with Crippen LogP contribution in [0.5, 0.6) is 0 Å². The fourth-order valence-corrected chi connectivity index (χ4v) is 6.45. The van der Waals surface area contributed by atoms with Gasteiger partial charge in [0.25, 0.3) is 5.91 Å². The molecule has 4 aromatic rings. The van der Waals surface area contributed by atoms with Gasteiger partial charge in [-0.3, -0.25) is 14.4 Å². The zero-order chi connectivity index (χ0) is 33.0. The van der Waals surface area contributed by atoms with Crippen molar-refractivity contribution in [2.24, 2.45) is 0 Å². The summed E-state index contributed by atoms with van der Waals surface area (Å²) < 4.78 is 6.98. The highest BCUT2D eigenvalue weighted by atomic mass is 79.9. The molecule has 10 heteroatoms. The quantitative estimate of drug-likeness (QED) is 0.160. The number of nitrogens with one attached hydrogen (secondary N) is 3. The summed E-state index contributed by atoms with van der Waals surface area (Å²) in [6.07, 6.45) is 0.760. The highest BCUT2D eigenvalue weighted by Crippen LogP contribution is 2.40. The van der Waals surface area contributed by atoms with Crippen LogP contribution in [-0.4, -0.2) is 53.6 Å². The van der Waals surface area contributed by atoms with Gasteiger partial charge in [-0.25, -0.2) is 0 Å². The predicted octanol–water partition coefficient (Wildman–Crippen LogP) is 5.72. The van der Waals surface area contributed by atoms with E-state index in [0.717, 1.165) is 26.7 Å². The summed E-state index contributed by atoms with van der Waals surface area (Å²) in [5, 5.41) is 19.6. The lowest BCUT2D eigenvalue weighted by Gasteiger charge is -2.29. The van der Waals surface area contributed by atoms with Gasteiger partial charge in [0.15, 0.2) is 0 Å². The van der Waals surface area contributed by atoms with Gasteiger partial charge in [0.2, 0.25) is 11.8 Å². The lowest BCUT2D eigenvalue weighted by atomic mass is 9.99. The molecule has 0 aliphatic carbocycles. The number of aryl methyl sites for hydroxylation is 1. The second-order valence-electron chi connectivity index (χ2n) is 12.5. The van der Waals surface area contributed by atoms with E-state index in [2.05, 4.69) is 31.9 Å². The largest absolute Gasteiger partial charge is 0.455 e. The summed E-state index contributed by atoms with van der Waals surface area (Å²) >= 11 is 3.73. The molecule has 1 aromatic heterocycles. The number of nitrogens with zero attached hydrogens (tertiary/aromatic N) is 1. The van der Waals surface area contributed by atoms with E-state index in [0.29, 0.717) is 54.9 Å². The second-order valence-corrected chi connectivity index (χ2v) is 13.3. The summed E-state index contributed by atoms with van der Waals surface area (Å²) in [5.41, 5.74) is 4.05. The first-order valence-electron chi connectivity index (χ1n) is 15.7. The van der Waals surface area contributed by atoms with Crippen molar-refractivity contribution in [3.8, 4) is 11.3 Å². The minimum absolute atomic E-state index is 0.160. The highest BCUT2D eigenvalue weighted by Gasteiger charge is 2.33. The highest BCUT2D eigenvalue weighted by molar-refractivity contribution is 9.10. The van der Waals surface area contributed by atoms with E-state index in [1.165, 1.54) is 0 Å². The van der Waals surface area contributed by atoms with Crippen LogP contribution in [0, 0.1) is 0 Å². The third-order valence-corrected chi connectivity index (χ3v) is 8.94. The smallest absolute Gasteiger partial charge is 0.252 e. The van der Waals surface area contributed by atoms with Gasteiger partial charge in [0, 0.05) is 41.7 Å². The number of carbonyl (C=O) groups is 3. The number of carbonyl (C=O) groups excluding carboxylic acids is 3. The number of amides is 3. The molecule has 5 rings (SSSR count). The molecule has 0 fully saturated rings. The van der Waals surface area contributed by atoms with Crippen molar-refractivity contribution >= 4 is 50.3 Å². The van der Waals surface area contributed by atoms with E-state index in [4.69, 9.17) is 4.42 Å². The number of furan rings is 1. The Balaban J connectivity index is 1.42. The Morgan fingerprint density at radius 1 is 1.11 bits per heavy atom. The molecule has 242 valence electrons. The second kappa shape index (κ2) is 14.2. The average molecular weight is 690 g/mol. The molecular weight excluding hydrogens is 648 g/mol. The zero-order valence-electron chi connectivity index (χ0n) is 26.7. The average Bonchev–Trinajstić information content (AvgIpc) is 3.29. The minimum atomic E-state index is -0.686. The van der Waals surface area contributed by atoms with Crippen LogP contribution in [0.1, 0.15) is 62.0 Å². The fraction of sp³-hybridized carbons (Fsp3) is 0.361. The molecule has 1 aliphatic rings.